The molecule has 0 fully saturated rings. The van der Waals surface area contributed by atoms with Crippen molar-refractivity contribution in [1.82, 2.24) is 0 Å². The van der Waals surface area contributed by atoms with Crippen molar-refractivity contribution in [2.45, 2.75) is 0 Å². The molecule has 0 unspecified atom stereocenters. The molecule has 5 nitrogen and oxygen atoms in total. The van der Waals surface area contributed by atoms with Gasteiger partial charge in [0.2, 0.25) is 0 Å². The number of ether oxygens (including phenoxy) is 1. The third-order valence-electron chi connectivity index (χ3n) is 0.561. The number of hydrogen-bond acceptors (Lipinski definition) is 3. The summed E-state index contributed by atoms with van der Waals surface area (Å²) in [4.78, 5) is 19.1. The molecule has 0 aromatic rings. The number of carboxylic acid groups (broad SMARTS) is 2. The fourth-order valence-corrected chi connectivity index (χ4v) is 0.211. The fourth-order valence-electron chi connectivity index (χ4n) is 0.211. The largest absolute Gasteiger partial charge is 0.478 e. The highest BCUT2D eigenvalue weighted by atomic mass is 16.5. The first-order chi connectivity index (χ1) is 6.04. The van der Waals surface area contributed by atoms with Crippen molar-refractivity contribution < 1.29 is 24.5 Å². The lowest BCUT2D eigenvalue weighted by molar-refractivity contribution is -0.134. The van der Waals surface area contributed by atoms with Gasteiger partial charge in [0.1, 0.15) is 0 Å². The molecule has 0 aliphatic rings. The average Bonchev–Trinajstić information content (AvgIpc) is 2.03. The van der Waals surface area contributed by atoms with Crippen molar-refractivity contribution in [2.75, 3.05) is 0 Å². The first-order valence-corrected chi connectivity index (χ1v) is 3.05. The molecule has 0 atom stereocenters. The minimum atomic E-state index is -1.26. The maximum atomic E-state index is 9.55. The molecule has 0 rings (SSSR count). The van der Waals surface area contributed by atoms with Gasteiger partial charge in [-0.15, -0.1) is 0 Å². The maximum Gasteiger partial charge on any atom is 0.328 e. The van der Waals surface area contributed by atoms with Crippen molar-refractivity contribution in [3.63, 3.8) is 0 Å². The van der Waals surface area contributed by atoms with Crippen LogP contribution in [0.2, 0.25) is 0 Å². The van der Waals surface area contributed by atoms with Gasteiger partial charge in [0.25, 0.3) is 0 Å². The van der Waals surface area contributed by atoms with Crippen LogP contribution in [0.5, 0.6) is 0 Å². The number of hydrogen-bond donors (Lipinski definition) is 2. The molecule has 0 amide bonds. The molecule has 0 heterocycles. The molecule has 0 bridgehead atoms. The molecule has 0 aromatic heterocycles. The molecule has 13 heavy (non-hydrogen) atoms. The molecule has 0 saturated heterocycles. The van der Waals surface area contributed by atoms with Gasteiger partial charge in [-0.05, 0) is 0 Å². The molecular weight excluding hydrogens is 176 g/mol. The molecule has 0 aliphatic heterocycles. The van der Waals surface area contributed by atoms with E-state index in [1.165, 1.54) is 12.5 Å². The van der Waals surface area contributed by atoms with Crippen LogP contribution in [0, 0.1) is 0 Å². The predicted molar refractivity (Wildman–Crippen MR) is 45.9 cm³/mol. The minimum Gasteiger partial charge on any atom is -0.478 e. The highest BCUT2D eigenvalue weighted by Gasteiger charge is 1.88. The van der Waals surface area contributed by atoms with Gasteiger partial charge in [-0.3, -0.25) is 0 Å². The first kappa shape index (κ1) is 13.5. The number of aliphatic carboxylic acids is 2. The first-order valence-electron chi connectivity index (χ1n) is 3.05. The Balaban J connectivity index is 0. The van der Waals surface area contributed by atoms with E-state index in [1.807, 2.05) is 0 Å². The van der Waals surface area contributed by atoms with Crippen molar-refractivity contribution in [3.05, 3.63) is 37.8 Å². The van der Waals surface area contributed by atoms with Crippen LogP contribution >= 0.6 is 0 Å². The second kappa shape index (κ2) is 9.96. The zero-order valence-corrected chi connectivity index (χ0v) is 6.84. The van der Waals surface area contributed by atoms with Gasteiger partial charge in [-0.2, -0.15) is 0 Å². The van der Waals surface area contributed by atoms with Gasteiger partial charge in [-0.25, -0.2) is 9.59 Å². The Morgan fingerprint density at radius 3 is 1.38 bits per heavy atom. The van der Waals surface area contributed by atoms with E-state index in [4.69, 9.17) is 10.2 Å². The number of carboxylic acids is 2. The van der Waals surface area contributed by atoms with E-state index in [-0.39, 0.29) is 0 Å². The minimum absolute atomic E-state index is 0.558. The Hall–Kier alpha value is -2.04. The third-order valence-corrected chi connectivity index (χ3v) is 0.561. The molecule has 0 aromatic carbocycles. The summed E-state index contributed by atoms with van der Waals surface area (Å²) in [5, 5.41) is 15.6. The van der Waals surface area contributed by atoms with Crippen LogP contribution in [-0.4, -0.2) is 22.2 Å². The Kier molecular flexibility index (Phi) is 10.4. The summed E-state index contributed by atoms with van der Waals surface area (Å²) in [5.41, 5.74) is 0. The molecule has 0 spiro atoms. The molecule has 5 heteroatoms. The smallest absolute Gasteiger partial charge is 0.328 e. The zero-order chi connectivity index (χ0) is 10.7. The van der Waals surface area contributed by atoms with Crippen LogP contribution in [0.1, 0.15) is 0 Å². The molecule has 0 radical (unpaired) electrons. The van der Waals surface area contributed by atoms with Crippen LogP contribution in [0.3, 0.4) is 0 Å². The summed E-state index contributed by atoms with van der Waals surface area (Å²) in [5.74, 6) is -2.51. The monoisotopic (exact) mass is 186 g/mol. The third kappa shape index (κ3) is 25.7. The van der Waals surface area contributed by atoms with Crippen LogP contribution in [0.15, 0.2) is 37.8 Å². The molecule has 2 N–H and O–H groups in total. The maximum absolute atomic E-state index is 9.55. The van der Waals surface area contributed by atoms with Gasteiger partial charge in [-0.1, -0.05) is 13.2 Å². The Morgan fingerprint density at radius 2 is 1.31 bits per heavy atom. The molecular formula is C8H10O5. The van der Waals surface area contributed by atoms with Gasteiger partial charge in [0.05, 0.1) is 12.5 Å². The van der Waals surface area contributed by atoms with E-state index in [0.29, 0.717) is 12.2 Å². The van der Waals surface area contributed by atoms with E-state index >= 15 is 0 Å². The van der Waals surface area contributed by atoms with Crippen molar-refractivity contribution >= 4 is 11.9 Å². The Morgan fingerprint density at radius 1 is 1.00 bits per heavy atom. The second-order valence-corrected chi connectivity index (χ2v) is 1.48. The molecule has 72 valence electrons. The quantitative estimate of drug-likeness (QED) is 0.505. The van der Waals surface area contributed by atoms with Crippen LogP contribution in [0.4, 0.5) is 0 Å². The van der Waals surface area contributed by atoms with Gasteiger partial charge in [0.15, 0.2) is 0 Å². The van der Waals surface area contributed by atoms with Gasteiger partial charge < -0.3 is 14.9 Å². The lowest BCUT2D eigenvalue weighted by Crippen LogP contribution is -1.91. The van der Waals surface area contributed by atoms with Crippen molar-refractivity contribution in [1.29, 1.82) is 0 Å². The summed E-state index contributed by atoms with van der Waals surface area (Å²) >= 11 is 0. The topological polar surface area (TPSA) is 83.8 Å². The predicted octanol–water partition coefficient (Wildman–Crippen LogP) is 1.00. The van der Waals surface area contributed by atoms with E-state index in [2.05, 4.69) is 17.9 Å². The summed E-state index contributed by atoms with van der Waals surface area (Å²) in [6.45, 7) is 6.51. The lowest BCUT2D eigenvalue weighted by atomic mass is 10.5. The second-order valence-electron chi connectivity index (χ2n) is 1.48. The van der Waals surface area contributed by atoms with Crippen molar-refractivity contribution in [3.8, 4) is 0 Å². The Labute approximate surface area is 75.3 Å². The van der Waals surface area contributed by atoms with E-state index in [0.717, 1.165) is 0 Å². The molecule has 0 saturated carbocycles. The SMILES string of the molecule is C=COC=C.O=C(O)/C=C/C(=O)O. The number of carbonyl (C=O) groups is 2. The van der Waals surface area contributed by atoms with Crippen molar-refractivity contribution in [2.24, 2.45) is 0 Å². The summed E-state index contributed by atoms with van der Waals surface area (Å²) in [6.07, 6.45) is 3.74. The van der Waals surface area contributed by atoms with Gasteiger partial charge in [0, 0.05) is 12.2 Å². The highest BCUT2D eigenvalue weighted by Crippen LogP contribution is 1.70. The van der Waals surface area contributed by atoms with E-state index in [1.54, 1.807) is 0 Å². The van der Waals surface area contributed by atoms with E-state index < -0.39 is 11.9 Å². The van der Waals surface area contributed by atoms with Crippen LogP contribution in [-0.2, 0) is 14.3 Å². The molecule has 0 aliphatic carbocycles. The zero-order valence-electron chi connectivity index (χ0n) is 6.84. The fraction of sp³-hybridized carbons (Fsp3) is 0. The standard InChI is InChI=1S/C4H4O4.C4H6O/c5-3(6)1-2-4(7)8;1-3-5-4-2/h1-2H,(H,5,6)(H,7,8);3-4H,1-2H2/b2-1+;. The Bertz CT molecular complexity index is 195. The lowest BCUT2D eigenvalue weighted by Gasteiger charge is -1.76. The summed E-state index contributed by atoms with van der Waals surface area (Å²) < 4.78 is 4.36. The van der Waals surface area contributed by atoms with E-state index in [9.17, 15) is 9.59 Å². The average molecular weight is 186 g/mol. The summed E-state index contributed by atoms with van der Waals surface area (Å²) in [7, 11) is 0. The van der Waals surface area contributed by atoms with Gasteiger partial charge >= 0.3 is 11.9 Å². The van der Waals surface area contributed by atoms with Crippen LogP contribution < -0.4 is 0 Å². The number of rotatable bonds is 4. The highest BCUT2D eigenvalue weighted by molar-refractivity contribution is 5.89. The summed E-state index contributed by atoms with van der Waals surface area (Å²) in [6, 6.07) is 0. The normalized spacial score (nSPS) is 8.00. The van der Waals surface area contributed by atoms with Crippen LogP contribution in [0.25, 0.3) is 0 Å².